The third-order valence-corrected chi connectivity index (χ3v) is 3.90. The lowest BCUT2D eigenvalue weighted by molar-refractivity contribution is 0.774. The van der Waals surface area contributed by atoms with Crippen LogP contribution in [-0.2, 0) is 12.4 Å². The highest BCUT2D eigenvalue weighted by molar-refractivity contribution is 6.16. The Kier molecular flexibility index (Phi) is 3.64. The first-order chi connectivity index (χ1) is 10.2. The maximum Gasteiger partial charge on any atom is 0.125 e. The van der Waals surface area contributed by atoms with Crippen LogP contribution in [0.4, 0.5) is 0 Å². The quantitative estimate of drug-likeness (QED) is 0.685. The summed E-state index contributed by atoms with van der Waals surface area (Å²) >= 11 is 6.03. The number of rotatable bonds is 3. The van der Waals surface area contributed by atoms with Crippen molar-refractivity contribution in [2.24, 2.45) is 0 Å². The predicted octanol–water partition coefficient (Wildman–Crippen LogP) is 4.00. The molecule has 0 fully saturated rings. The molecule has 1 aromatic heterocycles. The summed E-state index contributed by atoms with van der Waals surface area (Å²) in [6.07, 6.45) is 0. The van der Waals surface area contributed by atoms with Crippen LogP contribution in [0.2, 0.25) is 0 Å². The first-order valence-corrected chi connectivity index (χ1v) is 7.26. The van der Waals surface area contributed by atoms with E-state index in [-0.39, 0.29) is 0 Å². The Balaban J connectivity index is 2.16. The first kappa shape index (κ1) is 13.7. The number of fused-ring (bicyclic) bond motifs is 1. The van der Waals surface area contributed by atoms with Gasteiger partial charge in [0.05, 0.1) is 28.5 Å². The van der Waals surface area contributed by atoms with E-state index < -0.39 is 0 Å². The summed E-state index contributed by atoms with van der Waals surface area (Å²) in [7, 11) is 0. The van der Waals surface area contributed by atoms with Gasteiger partial charge in [-0.25, -0.2) is 4.98 Å². The molecular weight excluding hydrogens is 282 g/mol. The summed E-state index contributed by atoms with van der Waals surface area (Å²) in [4.78, 5) is 4.55. The molecule has 0 unspecified atom stereocenters. The number of imidazole rings is 1. The lowest BCUT2D eigenvalue weighted by Crippen LogP contribution is -2.05. The van der Waals surface area contributed by atoms with E-state index in [1.165, 1.54) is 11.1 Å². The molecule has 4 heteroatoms. The van der Waals surface area contributed by atoms with Gasteiger partial charge in [-0.3, -0.25) is 0 Å². The van der Waals surface area contributed by atoms with Gasteiger partial charge in [-0.15, -0.1) is 11.6 Å². The molecule has 2 aromatic carbocycles. The van der Waals surface area contributed by atoms with E-state index in [1.54, 1.807) is 6.07 Å². The van der Waals surface area contributed by atoms with Crippen molar-refractivity contribution in [3.8, 4) is 6.07 Å². The van der Waals surface area contributed by atoms with E-state index in [1.807, 2.05) is 24.3 Å². The van der Waals surface area contributed by atoms with Gasteiger partial charge in [-0.05, 0) is 36.2 Å². The Morgan fingerprint density at radius 3 is 2.76 bits per heavy atom. The minimum absolute atomic E-state index is 0.350. The highest BCUT2D eigenvalue weighted by Crippen LogP contribution is 2.21. The second-order valence-corrected chi connectivity index (χ2v) is 5.26. The second kappa shape index (κ2) is 5.59. The summed E-state index contributed by atoms with van der Waals surface area (Å²) in [5, 5.41) is 9.08. The minimum atomic E-state index is 0.350. The standard InChI is InChI=1S/C17H14ClN3/c1-12-4-2-3-5-14(12)11-21-16-8-13(10-19)6-7-15(16)20-17(21)9-18/h2-8H,9,11H2,1H3. The van der Waals surface area contributed by atoms with Crippen LogP contribution in [0.3, 0.4) is 0 Å². The van der Waals surface area contributed by atoms with Gasteiger partial charge in [-0.1, -0.05) is 24.3 Å². The summed E-state index contributed by atoms with van der Waals surface area (Å²) in [5.41, 5.74) is 4.92. The molecule has 0 radical (unpaired) electrons. The SMILES string of the molecule is Cc1ccccc1Cn1c(CCl)nc2ccc(C#N)cc21. The zero-order valence-corrected chi connectivity index (χ0v) is 12.4. The summed E-state index contributed by atoms with van der Waals surface area (Å²) in [6, 6.07) is 16.0. The molecule has 3 rings (SSSR count). The smallest absolute Gasteiger partial charge is 0.125 e. The van der Waals surface area contributed by atoms with Gasteiger partial charge < -0.3 is 4.57 Å². The van der Waals surface area contributed by atoms with Crippen molar-refractivity contribution in [2.75, 3.05) is 0 Å². The molecule has 0 aliphatic heterocycles. The van der Waals surface area contributed by atoms with Crippen molar-refractivity contribution in [2.45, 2.75) is 19.3 Å². The number of nitriles is 1. The number of alkyl halides is 1. The topological polar surface area (TPSA) is 41.6 Å². The van der Waals surface area contributed by atoms with Crippen LogP contribution >= 0.6 is 11.6 Å². The average molecular weight is 296 g/mol. The van der Waals surface area contributed by atoms with Crippen molar-refractivity contribution < 1.29 is 0 Å². The third-order valence-electron chi connectivity index (χ3n) is 3.67. The van der Waals surface area contributed by atoms with Crippen LogP contribution in [0.25, 0.3) is 11.0 Å². The van der Waals surface area contributed by atoms with E-state index in [0.29, 0.717) is 18.0 Å². The van der Waals surface area contributed by atoms with Gasteiger partial charge in [0, 0.05) is 6.54 Å². The number of aromatic nitrogens is 2. The Hall–Kier alpha value is -2.31. The first-order valence-electron chi connectivity index (χ1n) is 6.72. The Morgan fingerprint density at radius 2 is 2.05 bits per heavy atom. The maximum absolute atomic E-state index is 9.08. The molecule has 3 nitrogen and oxygen atoms in total. The molecule has 0 saturated carbocycles. The van der Waals surface area contributed by atoms with E-state index in [2.05, 4.69) is 34.7 Å². The molecule has 0 bridgehead atoms. The Labute approximate surface area is 128 Å². The van der Waals surface area contributed by atoms with Crippen LogP contribution in [0, 0.1) is 18.3 Å². The zero-order valence-electron chi connectivity index (χ0n) is 11.7. The summed E-state index contributed by atoms with van der Waals surface area (Å²) in [6.45, 7) is 2.80. The molecule has 1 heterocycles. The number of hydrogen-bond donors (Lipinski definition) is 0. The highest BCUT2D eigenvalue weighted by Gasteiger charge is 2.11. The molecule has 0 amide bonds. The molecule has 21 heavy (non-hydrogen) atoms. The number of nitrogens with zero attached hydrogens (tertiary/aromatic N) is 3. The van der Waals surface area contributed by atoms with E-state index in [4.69, 9.17) is 16.9 Å². The lowest BCUT2D eigenvalue weighted by atomic mass is 10.1. The maximum atomic E-state index is 9.08. The molecule has 0 N–H and O–H groups in total. The fraction of sp³-hybridized carbons (Fsp3) is 0.176. The zero-order chi connectivity index (χ0) is 14.8. The van der Waals surface area contributed by atoms with Crippen molar-refractivity contribution in [1.82, 2.24) is 9.55 Å². The molecule has 0 aliphatic rings. The molecule has 3 aromatic rings. The van der Waals surface area contributed by atoms with E-state index in [0.717, 1.165) is 16.9 Å². The predicted molar refractivity (Wildman–Crippen MR) is 84.3 cm³/mol. The Morgan fingerprint density at radius 1 is 1.24 bits per heavy atom. The number of halogens is 1. The van der Waals surface area contributed by atoms with Crippen LogP contribution in [0.15, 0.2) is 42.5 Å². The molecule has 0 saturated heterocycles. The van der Waals surface area contributed by atoms with Crippen molar-refractivity contribution in [1.29, 1.82) is 5.26 Å². The molecule has 104 valence electrons. The third kappa shape index (κ3) is 2.51. The number of hydrogen-bond acceptors (Lipinski definition) is 2. The summed E-state index contributed by atoms with van der Waals surface area (Å²) < 4.78 is 2.09. The van der Waals surface area contributed by atoms with Gasteiger partial charge >= 0.3 is 0 Å². The molecule has 0 aliphatic carbocycles. The minimum Gasteiger partial charge on any atom is -0.322 e. The van der Waals surface area contributed by atoms with Crippen LogP contribution in [0.1, 0.15) is 22.5 Å². The van der Waals surface area contributed by atoms with Gasteiger partial charge in [0.2, 0.25) is 0 Å². The number of benzene rings is 2. The highest BCUT2D eigenvalue weighted by atomic mass is 35.5. The average Bonchev–Trinajstić information content (AvgIpc) is 2.86. The van der Waals surface area contributed by atoms with E-state index in [9.17, 15) is 0 Å². The van der Waals surface area contributed by atoms with Crippen molar-refractivity contribution in [3.05, 3.63) is 65.0 Å². The van der Waals surface area contributed by atoms with Gasteiger partial charge in [0.1, 0.15) is 5.82 Å². The van der Waals surface area contributed by atoms with Gasteiger partial charge in [0.15, 0.2) is 0 Å². The Bertz CT molecular complexity index is 843. The van der Waals surface area contributed by atoms with Crippen molar-refractivity contribution in [3.63, 3.8) is 0 Å². The normalized spacial score (nSPS) is 10.7. The van der Waals surface area contributed by atoms with Crippen LogP contribution in [-0.4, -0.2) is 9.55 Å². The largest absolute Gasteiger partial charge is 0.322 e. The fourth-order valence-electron chi connectivity index (χ4n) is 2.48. The summed E-state index contributed by atoms with van der Waals surface area (Å²) in [5.74, 6) is 1.17. The van der Waals surface area contributed by atoms with Gasteiger partial charge in [0.25, 0.3) is 0 Å². The second-order valence-electron chi connectivity index (χ2n) is 4.99. The number of aryl methyl sites for hydroxylation is 1. The van der Waals surface area contributed by atoms with Gasteiger partial charge in [-0.2, -0.15) is 5.26 Å². The van der Waals surface area contributed by atoms with Crippen LogP contribution < -0.4 is 0 Å². The molecule has 0 atom stereocenters. The molecular formula is C17H14ClN3. The fourth-order valence-corrected chi connectivity index (χ4v) is 2.68. The van der Waals surface area contributed by atoms with Crippen molar-refractivity contribution >= 4 is 22.6 Å². The molecule has 0 spiro atoms. The van der Waals surface area contributed by atoms with Crippen LogP contribution in [0.5, 0.6) is 0 Å². The monoisotopic (exact) mass is 295 g/mol. The lowest BCUT2D eigenvalue weighted by Gasteiger charge is -2.10. The van der Waals surface area contributed by atoms with E-state index >= 15 is 0 Å².